The number of nitrogens with one attached hydrogen (secondary N) is 1. The Morgan fingerprint density at radius 3 is 2.50 bits per heavy atom. The van der Waals surface area contributed by atoms with E-state index in [4.69, 9.17) is 23.2 Å². The number of aryl methyl sites for hydroxylation is 1. The fraction of sp³-hybridized carbons (Fsp3) is 0.250. The number of hydrogen-bond donors (Lipinski definition) is 1. The molecule has 0 aromatic heterocycles. The topological polar surface area (TPSA) is 12.0 Å². The molecule has 0 aliphatic rings. The van der Waals surface area contributed by atoms with Crippen molar-refractivity contribution >= 4 is 23.2 Å². The average molecular weight is 312 g/mol. The molecule has 1 unspecified atom stereocenters. The fourth-order valence-electron chi connectivity index (χ4n) is 1.92. The van der Waals surface area contributed by atoms with E-state index in [-0.39, 0.29) is 11.9 Å². The van der Waals surface area contributed by atoms with Crippen LogP contribution < -0.4 is 5.32 Å². The first-order chi connectivity index (χ1) is 9.47. The number of rotatable bonds is 4. The lowest BCUT2D eigenvalue weighted by atomic mass is 10.1. The second kappa shape index (κ2) is 6.57. The number of hydrogen-bond acceptors (Lipinski definition) is 1. The van der Waals surface area contributed by atoms with Gasteiger partial charge < -0.3 is 5.32 Å². The van der Waals surface area contributed by atoms with Gasteiger partial charge in [-0.1, -0.05) is 41.4 Å². The maximum absolute atomic E-state index is 13.5. The molecule has 0 fully saturated rings. The zero-order valence-corrected chi connectivity index (χ0v) is 12.9. The minimum atomic E-state index is -0.175. The normalized spacial score (nSPS) is 12.4. The van der Waals surface area contributed by atoms with E-state index in [1.807, 2.05) is 25.1 Å². The van der Waals surface area contributed by atoms with E-state index in [9.17, 15) is 4.39 Å². The van der Waals surface area contributed by atoms with Crippen molar-refractivity contribution < 1.29 is 4.39 Å². The Labute approximate surface area is 128 Å². The zero-order valence-electron chi connectivity index (χ0n) is 11.4. The Hall–Kier alpha value is -1.09. The number of halogens is 3. The summed E-state index contributed by atoms with van der Waals surface area (Å²) in [5.41, 5.74) is 2.62. The van der Waals surface area contributed by atoms with Crippen LogP contribution in [0.1, 0.15) is 29.7 Å². The van der Waals surface area contributed by atoms with E-state index >= 15 is 0 Å². The molecular weight excluding hydrogens is 296 g/mol. The molecule has 0 aliphatic carbocycles. The molecule has 1 nitrogen and oxygen atoms in total. The predicted molar refractivity (Wildman–Crippen MR) is 82.9 cm³/mol. The SMILES string of the molecule is Cc1ccc(C(C)NCc2ccc(Cl)c(Cl)c2)cc1F. The highest BCUT2D eigenvalue weighted by Gasteiger charge is 2.08. The molecule has 0 spiro atoms. The minimum Gasteiger partial charge on any atom is -0.306 e. The van der Waals surface area contributed by atoms with Crippen molar-refractivity contribution in [3.05, 3.63) is 69.0 Å². The lowest BCUT2D eigenvalue weighted by molar-refractivity contribution is 0.563. The van der Waals surface area contributed by atoms with Gasteiger partial charge in [0.05, 0.1) is 10.0 Å². The van der Waals surface area contributed by atoms with E-state index in [1.54, 1.807) is 25.1 Å². The van der Waals surface area contributed by atoms with Crippen molar-refractivity contribution in [2.45, 2.75) is 26.4 Å². The Bertz CT molecular complexity index is 613. The maximum atomic E-state index is 13.5. The molecule has 0 saturated heterocycles. The van der Waals surface area contributed by atoms with Gasteiger partial charge in [-0.05, 0) is 48.7 Å². The first kappa shape index (κ1) is 15.3. The summed E-state index contributed by atoms with van der Waals surface area (Å²) in [7, 11) is 0. The van der Waals surface area contributed by atoms with Crippen LogP contribution in [0.3, 0.4) is 0 Å². The van der Waals surface area contributed by atoms with E-state index in [0.29, 0.717) is 22.2 Å². The van der Waals surface area contributed by atoms with E-state index in [1.165, 1.54) is 0 Å². The van der Waals surface area contributed by atoms with Crippen LogP contribution >= 0.6 is 23.2 Å². The predicted octanol–water partition coefficient (Wildman–Crippen LogP) is 5.29. The maximum Gasteiger partial charge on any atom is 0.126 e. The highest BCUT2D eigenvalue weighted by Crippen LogP contribution is 2.23. The van der Waals surface area contributed by atoms with Gasteiger partial charge in [-0.3, -0.25) is 0 Å². The third-order valence-corrected chi connectivity index (χ3v) is 4.03. The van der Waals surface area contributed by atoms with Gasteiger partial charge in [-0.25, -0.2) is 4.39 Å². The van der Waals surface area contributed by atoms with Crippen LogP contribution in [0.15, 0.2) is 36.4 Å². The smallest absolute Gasteiger partial charge is 0.126 e. The molecule has 0 amide bonds. The third kappa shape index (κ3) is 3.72. The Morgan fingerprint density at radius 2 is 1.85 bits per heavy atom. The summed E-state index contributed by atoms with van der Waals surface area (Å²) in [6.45, 7) is 4.40. The standard InChI is InChI=1S/C16H16Cl2FN/c1-10-3-5-13(8-16(10)19)11(2)20-9-12-4-6-14(17)15(18)7-12/h3-8,11,20H,9H2,1-2H3. The molecule has 0 radical (unpaired) electrons. The van der Waals surface area contributed by atoms with Crippen molar-refractivity contribution in [2.24, 2.45) is 0 Å². The van der Waals surface area contributed by atoms with Crippen LogP contribution in [-0.4, -0.2) is 0 Å². The van der Waals surface area contributed by atoms with Gasteiger partial charge >= 0.3 is 0 Å². The van der Waals surface area contributed by atoms with Gasteiger partial charge in [-0.15, -0.1) is 0 Å². The molecular formula is C16H16Cl2FN. The molecule has 0 aliphatic heterocycles. The van der Waals surface area contributed by atoms with Crippen molar-refractivity contribution in [1.82, 2.24) is 5.32 Å². The average Bonchev–Trinajstić information content (AvgIpc) is 2.43. The van der Waals surface area contributed by atoms with Crippen molar-refractivity contribution in [3.63, 3.8) is 0 Å². The lowest BCUT2D eigenvalue weighted by Crippen LogP contribution is -2.18. The summed E-state index contributed by atoms with van der Waals surface area (Å²) < 4.78 is 13.5. The molecule has 106 valence electrons. The Kier molecular flexibility index (Phi) is 5.03. The second-order valence-corrected chi connectivity index (χ2v) is 5.67. The highest BCUT2D eigenvalue weighted by atomic mass is 35.5. The van der Waals surface area contributed by atoms with Gasteiger partial charge in [0.15, 0.2) is 0 Å². The van der Waals surface area contributed by atoms with Crippen LogP contribution in [0.5, 0.6) is 0 Å². The molecule has 2 rings (SSSR count). The summed E-state index contributed by atoms with van der Waals surface area (Å²) in [6, 6.07) is 10.9. The van der Waals surface area contributed by atoms with Gasteiger partial charge in [0.1, 0.15) is 5.82 Å². The molecule has 20 heavy (non-hydrogen) atoms. The molecule has 0 bridgehead atoms. The molecule has 1 N–H and O–H groups in total. The quantitative estimate of drug-likeness (QED) is 0.808. The zero-order chi connectivity index (χ0) is 14.7. The third-order valence-electron chi connectivity index (χ3n) is 3.29. The first-order valence-corrected chi connectivity index (χ1v) is 7.16. The number of benzene rings is 2. The van der Waals surface area contributed by atoms with Crippen molar-refractivity contribution in [1.29, 1.82) is 0 Å². The molecule has 1 atom stereocenters. The Morgan fingerprint density at radius 1 is 1.10 bits per heavy atom. The van der Waals surface area contributed by atoms with Crippen LogP contribution in [0, 0.1) is 12.7 Å². The van der Waals surface area contributed by atoms with E-state index in [2.05, 4.69) is 5.32 Å². The molecule has 4 heteroatoms. The summed E-state index contributed by atoms with van der Waals surface area (Å²) in [5, 5.41) is 4.43. The van der Waals surface area contributed by atoms with Crippen LogP contribution in [0.25, 0.3) is 0 Å². The monoisotopic (exact) mass is 311 g/mol. The summed E-state index contributed by atoms with van der Waals surface area (Å²) in [4.78, 5) is 0. The summed E-state index contributed by atoms with van der Waals surface area (Å²) in [6.07, 6.45) is 0. The lowest BCUT2D eigenvalue weighted by Gasteiger charge is -2.15. The minimum absolute atomic E-state index is 0.0551. The van der Waals surface area contributed by atoms with E-state index < -0.39 is 0 Å². The first-order valence-electron chi connectivity index (χ1n) is 6.40. The van der Waals surface area contributed by atoms with Crippen molar-refractivity contribution in [3.8, 4) is 0 Å². The Balaban J connectivity index is 2.02. The second-order valence-electron chi connectivity index (χ2n) is 4.86. The van der Waals surface area contributed by atoms with Crippen molar-refractivity contribution in [2.75, 3.05) is 0 Å². The van der Waals surface area contributed by atoms with Gasteiger partial charge in [0.25, 0.3) is 0 Å². The molecule has 0 heterocycles. The summed E-state index contributed by atoms with van der Waals surface area (Å²) in [5.74, 6) is -0.175. The molecule has 0 saturated carbocycles. The highest BCUT2D eigenvalue weighted by molar-refractivity contribution is 6.42. The van der Waals surface area contributed by atoms with Crippen LogP contribution in [-0.2, 0) is 6.54 Å². The van der Waals surface area contributed by atoms with E-state index in [0.717, 1.165) is 11.1 Å². The molecule has 2 aromatic carbocycles. The van der Waals surface area contributed by atoms with Crippen LogP contribution in [0.4, 0.5) is 4.39 Å². The summed E-state index contributed by atoms with van der Waals surface area (Å²) >= 11 is 11.9. The van der Waals surface area contributed by atoms with Gasteiger partial charge in [0, 0.05) is 12.6 Å². The molecule has 2 aromatic rings. The van der Waals surface area contributed by atoms with Gasteiger partial charge in [-0.2, -0.15) is 0 Å². The largest absolute Gasteiger partial charge is 0.306 e. The van der Waals surface area contributed by atoms with Gasteiger partial charge in [0.2, 0.25) is 0 Å². The fourth-order valence-corrected chi connectivity index (χ4v) is 2.24. The van der Waals surface area contributed by atoms with Crippen LogP contribution in [0.2, 0.25) is 10.0 Å².